The Kier molecular flexibility index (Phi) is 5.11. The van der Waals surface area contributed by atoms with Crippen LogP contribution in [-0.4, -0.2) is 28.5 Å². The molecule has 10 nitrogen and oxygen atoms in total. The average molecular weight is 443 g/mol. The molecular weight excluding hydrogens is 431 g/mol. The molecule has 0 spiro atoms. The molecular formula is C16H12F3N5O5S. The molecule has 0 atom stereocenters. The summed E-state index contributed by atoms with van der Waals surface area (Å²) in [6.07, 6.45) is -4.85. The molecule has 3 N–H and O–H groups in total. The number of aromatic amines is 2. The smallest absolute Gasteiger partial charge is 0.289 e. The Labute approximate surface area is 166 Å². The molecule has 158 valence electrons. The molecule has 0 bridgehead atoms. The molecule has 0 unspecified atom stereocenters. The van der Waals surface area contributed by atoms with E-state index >= 15 is 0 Å². The first kappa shape index (κ1) is 21.0. The maximum absolute atomic E-state index is 13.3. The number of nitro groups is 1. The van der Waals surface area contributed by atoms with Crippen molar-refractivity contribution in [2.75, 3.05) is 4.72 Å². The van der Waals surface area contributed by atoms with Gasteiger partial charge in [-0.1, -0.05) is 12.1 Å². The molecule has 3 aromatic rings. The molecule has 0 fully saturated rings. The van der Waals surface area contributed by atoms with Crippen LogP contribution in [0.4, 0.5) is 24.5 Å². The Bertz CT molecular complexity index is 1300. The van der Waals surface area contributed by atoms with Crippen LogP contribution in [0, 0.1) is 17.0 Å². The van der Waals surface area contributed by atoms with Gasteiger partial charge in [-0.05, 0) is 30.7 Å². The van der Waals surface area contributed by atoms with Crippen molar-refractivity contribution in [3.05, 3.63) is 68.1 Å². The summed E-state index contributed by atoms with van der Waals surface area (Å²) in [5.41, 5.74) is -3.46. The van der Waals surface area contributed by atoms with Crippen LogP contribution in [0.25, 0.3) is 11.4 Å². The topological polar surface area (TPSA) is 151 Å². The molecule has 1 heterocycles. The Morgan fingerprint density at radius 3 is 2.47 bits per heavy atom. The fourth-order valence-electron chi connectivity index (χ4n) is 2.73. The van der Waals surface area contributed by atoms with Crippen LogP contribution in [-0.2, 0) is 16.2 Å². The fraction of sp³-hybridized carbons (Fsp3) is 0.125. The number of hydrogen-bond donors (Lipinski definition) is 3. The number of aryl methyl sites for hydroxylation is 1. The molecule has 2 aromatic carbocycles. The number of anilines is 1. The zero-order valence-electron chi connectivity index (χ0n) is 14.9. The highest BCUT2D eigenvalue weighted by Gasteiger charge is 2.33. The van der Waals surface area contributed by atoms with Crippen molar-refractivity contribution in [3.63, 3.8) is 0 Å². The van der Waals surface area contributed by atoms with Crippen LogP contribution in [0.2, 0.25) is 0 Å². The van der Waals surface area contributed by atoms with Crippen LogP contribution in [0.15, 0.2) is 46.1 Å². The molecule has 0 amide bonds. The second-order valence-corrected chi connectivity index (χ2v) is 7.73. The summed E-state index contributed by atoms with van der Waals surface area (Å²) in [5, 5.41) is 16.7. The van der Waals surface area contributed by atoms with Gasteiger partial charge in [-0.3, -0.25) is 19.8 Å². The highest BCUT2D eigenvalue weighted by atomic mass is 32.2. The molecule has 0 aliphatic carbocycles. The monoisotopic (exact) mass is 443 g/mol. The molecule has 0 radical (unpaired) electrons. The lowest BCUT2D eigenvalue weighted by molar-refractivity contribution is -0.387. The zero-order valence-corrected chi connectivity index (χ0v) is 15.8. The van der Waals surface area contributed by atoms with Crippen molar-refractivity contribution < 1.29 is 26.5 Å². The van der Waals surface area contributed by atoms with E-state index in [0.29, 0.717) is 12.1 Å². The van der Waals surface area contributed by atoms with Crippen molar-refractivity contribution in [1.82, 2.24) is 15.2 Å². The third kappa shape index (κ3) is 4.17. The highest BCUT2D eigenvalue weighted by molar-refractivity contribution is 7.93. The Hall–Kier alpha value is -3.68. The number of nitrogens with one attached hydrogen (secondary N) is 3. The van der Waals surface area contributed by atoms with E-state index in [0.717, 1.165) is 12.1 Å². The largest absolute Gasteiger partial charge is 0.416 e. The van der Waals surface area contributed by atoms with Crippen molar-refractivity contribution >= 4 is 21.4 Å². The number of halogens is 3. The average Bonchev–Trinajstić information content (AvgIpc) is 3.06. The number of aromatic nitrogens is 3. The normalized spacial score (nSPS) is 12.0. The lowest BCUT2D eigenvalue weighted by Crippen LogP contribution is -2.17. The molecule has 0 aliphatic rings. The molecule has 14 heteroatoms. The highest BCUT2D eigenvalue weighted by Crippen LogP contribution is 2.35. The maximum Gasteiger partial charge on any atom is 0.416 e. The predicted molar refractivity (Wildman–Crippen MR) is 98.3 cm³/mol. The minimum absolute atomic E-state index is 0.0283. The minimum Gasteiger partial charge on any atom is -0.289 e. The molecule has 30 heavy (non-hydrogen) atoms. The van der Waals surface area contributed by atoms with Crippen LogP contribution < -0.4 is 10.4 Å². The third-order valence-corrected chi connectivity index (χ3v) is 5.52. The van der Waals surface area contributed by atoms with Crippen LogP contribution >= 0.6 is 0 Å². The molecule has 3 rings (SSSR count). The van der Waals surface area contributed by atoms with E-state index in [9.17, 15) is 36.5 Å². The van der Waals surface area contributed by atoms with Gasteiger partial charge in [0.25, 0.3) is 15.7 Å². The van der Waals surface area contributed by atoms with Gasteiger partial charge in [-0.2, -0.15) is 18.3 Å². The summed E-state index contributed by atoms with van der Waals surface area (Å²) < 4.78 is 67.4. The van der Waals surface area contributed by atoms with E-state index in [2.05, 4.69) is 10.1 Å². The molecule has 0 saturated heterocycles. The van der Waals surface area contributed by atoms with Gasteiger partial charge >= 0.3 is 11.9 Å². The number of H-pyrrole nitrogens is 2. The fourth-order valence-corrected chi connectivity index (χ4v) is 4.17. The first-order valence-corrected chi connectivity index (χ1v) is 9.51. The molecule has 1 aromatic heterocycles. The Balaban J connectivity index is 2.15. The zero-order chi connectivity index (χ0) is 22.3. The second-order valence-electron chi connectivity index (χ2n) is 6.11. The standard InChI is InChI=1S/C16H12F3N5O5S/c1-8-3-2-4-12(24(26)27)13(8)30(28,29)23-11-6-9(14-20-15(25)22-21-14)5-10(7-11)16(17,18)19/h2-7,23H,1H3,(H2,20,21,22,25). The lowest BCUT2D eigenvalue weighted by Gasteiger charge is -2.14. The van der Waals surface area contributed by atoms with Gasteiger partial charge in [0.15, 0.2) is 10.7 Å². The molecule has 0 saturated carbocycles. The number of sulfonamides is 1. The summed E-state index contributed by atoms with van der Waals surface area (Å²) in [6.45, 7) is 1.31. The summed E-state index contributed by atoms with van der Waals surface area (Å²) in [4.78, 5) is 23.0. The first-order chi connectivity index (χ1) is 13.9. The number of hydrogen-bond acceptors (Lipinski definition) is 6. The van der Waals surface area contributed by atoms with E-state index < -0.39 is 48.6 Å². The van der Waals surface area contributed by atoms with Gasteiger partial charge in [0.1, 0.15) is 0 Å². The van der Waals surface area contributed by atoms with Gasteiger partial charge in [-0.15, -0.1) is 0 Å². The van der Waals surface area contributed by atoms with Crippen molar-refractivity contribution in [3.8, 4) is 11.4 Å². The van der Waals surface area contributed by atoms with Gasteiger partial charge in [0.05, 0.1) is 16.2 Å². The lowest BCUT2D eigenvalue weighted by atomic mass is 10.1. The number of nitrogens with zero attached hydrogens (tertiary/aromatic N) is 2. The SMILES string of the molecule is Cc1cccc([N+](=O)[O-])c1S(=O)(=O)Nc1cc(-c2n[nH]c(=O)[nH]2)cc(C(F)(F)F)c1. The van der Waals surface area contributed by atoms with Crippen LogP contribution in [0.1, 0.15) is 11.1 Å². The Morgan fingerprint density at radius 2 is 1.90 bits per heavy atom. The van der Waals surface area contributed by atoms with E-state index in [1.807, 2.05) is 9.82 Å². The summed E-state index contributed by atoms with van der Waals surface area (Å²) >= 11 is 0. The first-order valence-electron chi connectivity index (χ1n) is 8.02. The maximum atomic E-state index is 13.3. The number of benzene rings is 2. The van der Waals surface area contributed by atoms with E-state index in [-0.39, 0.29) is 17.0 Å². The second kappa shape index (κ2) is 7.29. The van der Waals surface area contributed by atoms with Gasteiger partial charge in [-0.25, -0.2) is 18.3 Å². The van der Waals surface area contributed by atoms with E-state index in [1.165, 1.54) is 19.1 Å². The van der Waals surface area contributed by atoms with E-state index in [4.69, 9.17) is 0 Å². The van der Waals surface area contributed by atoms with Crippen molar-refractivity contribution in [2.45, 2.75) is 18.0 Å². The van der Waals surface area contributed by atoms with Crippen molar-refractivity contribution in [1.29, 1.82) is 0 Å². The number of rotatable bonds is 5. The predicted octanol–water partition coefficient (Wildman–Crippen LogP) is 2.80. The van der Waals surface area contributed by atoms with Gasteiger partial charge in [0.2, 0.25) is 0 Å². The van der Waals surface area contributed by atoms with Gasteiger partial charge < -0.3 is 0 Å². The Morgan fingerprint density at radius 1 is 1.20 bits per heavy atom. The quantitative estimate of drug-likeness (QED) is 0.407. The summed E-state index contributed by atoms with van der Waals surface area (Å²) in [6, 6.07) is 5.75. The van der Waals surface area contributed by atoms with Crippen molar-refractivity contribution in [2.24, 2.45) is 0 Å². The van der Waals surface area contributed by atoms with Crippen LogP contribution in [0.5, 0.6) is 0 Å². The summed E-state index contributed by atoms with van der Waals surface area (Å²) in [5.74, 6) is -0.256. The minimum atomic E-state index is -4.85. The third-order valence-electron chi connectivity index (χ3n) is 3.94. The number of alkyl halides is 3. The number of nitro benzene ring substituents is 1. The van der Waals surface area contributed by atoms with Crippen LogP contribution in [0.3, 0.4) is 0 Å². The summed E-state index contributed by atoms with van der Waals surface area (Å²) in [7, 11) is -4.63. The van der Waals surface area contributed by atoms with E-state index in [1.54, 1.807) is 0 Å². The van der Waals surface area contributed by atoms with Gasteiger partial charge in [0, 0.05) is 11.6 Å². The molecule has 0 aliphatic heterocycles.